The van der Waals surface area contributed by atoms with Gasteiger partial charge in [0.15, 0.2) is 12.1 Å². The summed E-state index contributed by atoms with van der Waals surface area (Å²) in [5.74, 6) is -0.461. The van der Waals surface area contributed by atoms with Gasteiger partial charge in [-0.15, -0.1) is 0 Å². The number of rotatable bonds is 8. The van der Waals surface area contributed by atoms with Crippen LogP contribution < -0.4 is 4.74 Å². The van der Waals surface area contributed by atoms with Gasteiger partial charge in [0.2, 0.25) is 0 Å². The summed E-state index contributed by atoms with van der Waals surface area (Å²) < 4.78 is 42.0. The number of hydrogen-bond acceptors (Lipinski definition) is 5. The molecule has 2 aliphatic heterocycles. The Morgan fingerprint density at radius 3 is 2.84 bits per heavy atom. The molecule has 6 heteroatoms. The highest BCUT2D eigenvalue weighted by Crippen LogP contribution is 2.40. The van der Waals surface area contributed by atoms with Crippen LogP contribution in [0.2, 0.25) is 0 Å². The van der Waals surface area contributed by atoms with Crippen LogP contribution in [0.5, 0.6) is 5.75 Å². The van der Waals surface area contributed by atoms with Gasteiger partial charge in [0.05, 0.1) is 19.8 Å². The second kappa shape index (κ2) is 7.99. The van der Waals surface area contributed by atoms with Gasteiger partial charge in [-0.25, -0.2) is 4.39 Å². The smallest absolute Gasteiger partial charge is 0.197 e. The van der Waals surface area contributed by atoms with E-state index in [1.807, 2.05) is 24.3 Å². The summed E-state index contributed by atoms with van der Waals surface area (Å²) in [6.07, 6.45) is 1.60. The summed E-state index contributed by atoms with van der Waals surface area (Å²) in [6.45, 7) is 3.42. The molecular weight excluding hydrogens is 327 g/mol. The maximum Gasteiger partial charge on any atom is 0.197 e. The maximum absolute atomic E-state index is 13.2. The number of benzene rings is 1. The van der Waals surface area contributed by atoms with E-state index < -0.39 is 24.9 Å². The largest absolute Gasteiger partial charge is 0.497 e. The van der Waals surface area contributed by atoms with Crippen molar-refractivity contribution >= 4 is 0 Å². The molecule has 1 aromatic rings. The lowest BCUT2D eigenvalue weighted by Gasteiger charge is -2.26. The molecule has 1 unspecified atom stereocenters. The third-order valence-electron chi connectivity index (χ3n) is 4.68. The molecule has 2 fully saturated rings. The maximum atomic E-state index is 13.2. The predicted molar refractivity (Wildman–Crippen MR) is 90.1 cm³/mol. The SMILES string of the molecule is CCCC[C@H]1O[C@@H]2OC(C)(CF)O[C@@H]2[C@H]1OCc1cccc(OC)c1. The fourth-order valence-corrected chi connectivity index (χ4v) is 3.33. The van der Waals surface area contributed by atoms with Gasteiger partial charge in [-0.05, 0) is 31.0 Å². The standard InChI is InChI=1S/C19H27FO5/c1-4-5-9-15-16(17-18(23-15)25-19(2,12-20)24-17)22-11-13-7-6-8-14(10-13)21-3/h6-8,10,15-18H,4-5,9,11-12H2,1-3H3/t15-,16+,17-,18-,19?/m1/s1. The van der Waals surface area contributed by atoms with Gasteiger partial charge in [0.25, 0.3) is 0 Å². The molecule has 2 saturated heterocycles. The van der Waals surface area contributed by atoms with Crippen LogP contribution in [-0.2, 0) is 25.6 Å². The minimum Gasteiger partial charge on any atom is -0.497 e. The summed E-state index contributed by atoms with van der Waals surface area (Å²) in [6, 6.07) is 7.73. The summed E-state index contributed by atoms with van der Waals surface area (Å²) in [7, 11) is 1.64. The molecule has 0 spiro atoms. The fraction of sp³-hybridized carbons (Fsp3) is 0.684. The Labute approximate surface area is 148 Å². The van der Waals surface area contributed by atoms with Crippen LogP contribution >= 0.6 is 0 Å². The Balaban J connectivity index is 1.68. The quantitative estimate of drug-likeness (QED) is 0.714. The summed E-state index contributed by atoms with van der Waals surface area (Å²) >= 11 is 0. The highest BCUT2D eigenvalue weighted by molar-refractivity contribution is 5.27. The molecule has 2 aliphatic rings. The number of fused-ring (bicyclic) bond motifs is 1. The zero-order valence-electron chi connectivity index (χ0n) is 15.1. The van der Waals surface area contributed by atoms with Crippen molar-refractivity contribution in [1.82, 2.24) is 0 Å². The molecule has 2 heterocycles. The van der Waals surface area contributed by atoms with Gasteiger partial charge in [-0.3, -0.25) is 0 Å². The molecule has 140 valence electrons. The second-order valence-corrected chi connectivity index (χ2v) is 6.78. The van der Waals surface area contributed by atoms with Crippen LogP contribution in [-0.4, -0.2) is 44.2 Å². The Hall–Kier alpha value is -1.21. The molecule has 3 rings (SSSR count). The lowest BCUT2D eigenvalue weighted by Crippen LogP contribution is -2.38. The van der Waals surface area contributed by atoms with Crippen LogP contribution in [0.4, 0.5) is 4.39 Å². The lowest BCUT2D eigenvalue weighted by molar-refractivity contribution is -0.234. The fourth-order valence-electron chi connectivity index (χ4n) is 3.33. The first kappa shape index (κ1) is 18.6. The number of methoxy groups -OCH3 is 1. The van der Waals surface area contributed by atoms with Gasteiger partial charge in [-0.1, -0.05) is 31.9 Å². The average Bonchev–Trinajstić information content (AvgIpc) is 3.11. The minimum absolute atomic E-state index is 0.107. The third-order valence-corrected chi connectivity index (χ3v) is 4.68. The molecule has 5 nitrogen and oxygen atoms in total. The molecule has 0 amide bonds. The van der Waals surface area contributed by atoms with Crippen molar-refractivity contribution in [3.8, 4) is 5.75 Å². The van der Waals surface area contributed by atoms with Crippen LogP contribution in [0.15, 0.2) is 24.3 Å². The summed E-state index contributed by atoms with van der Waals surface area (Å²) in [4.78, 5) is 0. The zero-order valence-corrected chi connectivity index (χ0v) is 15.1. The lowest BCUT2D eigenvalue weighted by atomic mass is 10.0. The minimum atomic E-state index is -1.25. The van der Waals surface area contributed by atoms with Crippen molar-refractivity contribution in [2.75, 3.05) is 13.8 Å². The van der Waals surface area contributed by atoms with Gasteiger partial charge in [0.1, 0.15) is 24.6 Å². The van der Waals surface area contributed by atoms with Crippen molar-refractivity contribution in [1.29, 1.82) is 0 Å². The van der Waals surface area contributed by atoms with Gasteiger partial charge in [-0.2, -0.15) is 0 Å². The van der Waals surface area contributed by atoms with E-state index in [2.05, 4.69) is 6.92 Å². The van der Waals surface area contributed by atoms with Gasteiger partial charge < -0.3 is 23.7 Å². The predicted octanol–water partition coefficient (Wildman–Crippen LogP) is 3.60. The number of unbranched alkanes of at least 4 members (excludes halogenated alkanes) is 1. The Bertz CT molecular complexity index is 569. The van der Waals surface area contributed by atoms with Gasteiger partial charge >= 0.3 is 0 Å². The molecule has 25 heavy (non-hydrogen) atoms. The Morgan fingerprint density at radius 1 is 1.28 bits per heavy atom. The van der Waals surface area contributed by atoms with Crippen LogP contribution in [0.25, 0.3) is 0 Å². The molecular formula is C19H27FO5. The van der Waals surface area contributed by atoms with Crippen LogP contribution in [0, 0.1) is 0 Å². The topological polar surface area (TPSA) is 46.2 Å². The first-order chi connectivity index (χ1) is 12.1. The van der Waals surface area contributed by atoms with E-state index in [1.165, 1.54) is 0 Å². The monoisotopic (exact) mass is 354 g/mol. The molecule has 5 atom stereocenters. The highest BCUT2D eigenvalue weighted by atomic mass is 19.1. The van der Waals surface area contributed by atoms with Crippen molar-refractivity contribution in [2.24, 2.45) is 0 Å². The van der Waals surface area contributed by atoms with E-state index in [9.17, 15) is 4.39 Å². The summed E-state index contributed by atoms with van der Waals surface area (Å²) in [5, 5.41) is 0. The molecule has 0 N–H and O–H groups in total. The van der Waals surface area contributed by atoms with Crippen LogP contribution in [0.1, 0.15) is 38.7 Å². The normalized spacial score (nSPS) is 34.2. The van der Waals surface area contributed by atoms with E-state index in [4.69, 9.17) is 23.7 Å². The van der Waals surface area contributed by atoms with E-state index in [0.717, 1.165) is 30.6 Å². The van der Waals surface area contributed by atoms with Crippen molar-refractivity contribution < 1.29 is 28.1 Å². The number of halogens is 1. The molecule has 0 radical (unpaired) electrons. The van der Waals surface area contributed by atoms with Crippen molar-refractivity contribution in [3.63, 3.8) is 0 Å². The van der Waals surface area contributed by atoms with E-state index >= 15 is 0 Å². The number of ether oxygens (including phenoxy) is 5. The molecule has 1 aromatic carbocycles. The number of hydrogen-bond donors (Lipinski definition) is 0. The van der Waals surface area contributed by atoms with Crippen LogP contribution in [0.3, 0.4) is 0 Å². The Morgan fingerprint density at radius 2 is 2.12 bits per heavy atom. The molecule has 0 bridgehead atoms. The number of alkyl halides is 1. The first-order valence-electron chi connectivity index (χ1n) is 8.90. The van der Waals surface area contributed by atoms with E-state index in [1.54, 1.807) is 14.0 Å². The first-order valence-corrected chi connectivity index (χ1v) is 8.90. The Kier molecular flexibility index (Phi) is 5.94. The highest BCUT2D eigenvalue weighted by Gasteiger charge is 2.56. The average molecular weight is 354 g/mol. The molecule has 0 saturated carbocycles. The van der Waals surface area contributed by atoms with Crippen molar-refractivity contribution in [2.45, 2.75) is 70.1 Å². The third kappa shape index (κ3) is 4.14. The van der Waals surface area contributed by atoms with Gasteiger partial charge in [0, 0.05) is 0 Å². The summed E-state index contributed by atoms with van der Waals surface area (Å²) in [5.41, 5.74) is 1.00. The van der Waals surface area contributed by atoms with E-state index in [0.29, 0.717) is 6.61 Å². The second-order valence-electron chi connectivity index (χ2n) is 6.78. The zero-order chi connectivity index (χ0) is 17.9. The van der Waals surface area contributed by atoms with Crippen molar-refractivity contribution in [3.05, 3.63) is 29.8 Å². The molecule has 0 aromatic heterocycles. The molecule has 0 aliphatic carbocycles. The van der Waals surface area contributed by atoms with E-state index in [-0.39, 0.29) is 12.2 Å².